The second kappa shape index (κ2) is 12.7. The Kier molecular flexibility index (Phi) is 10.00. The van der Waals surface area contributed by atoms with Gasteiger partial charge in [0.2, 0.25) is 11.8 Å². The van der Waals surface area contributed by atoms with Gasteiger partial charge in [-0.15, -0.1) is 0 Å². The van der Waals surface area contributed by atoms with Crippen LogP contribution in [0, 0.1) is 29.1 Å². The van der Waals surface area contributed by atoms with Crippen LogP contribution in [-0.2, 0) is 4.79 Å². The first-order valence-electron chi connectivity index (χ1n) is 13.7. The molecule has 0 saturated heterocycles. The summed E-state index contributed by atoms with van der Waals surface area (Å²) in [6, 6.07) is 0.109. The van der Waals surface area contributed by atoms with E-state index in [1.165, 1.54) is 38.5 Å². The van der Waals surface area contributed by atoms with Crippen LogP contribution >= 0.6 is 0 Å². The SMILES string of the molecule is CNCCNC(=O)C(C)(C)/C=C/n1ncc(C(=O)NC(C)C2CC3CCCC(C3)C2)c1OCC(C)C. The van der Waals surface area contributed by atoms with Crippen LogP contribution in [0.1, 0.15) is 83.5 Å². The second-order valence-corrected chi connectivity index (χ2v) is 11.8. The Labute approximate surface area is 217 Å². The lowest BCUT2D eigenvalue weighted by molar-refractivity contribution is -0.127. The van der Waals surface area contributed by atoms with Crippen molar-refractivity contribution in [2.75, 3.05) is 26.7 Å². The second-order valence-electron chi connectivity index (χ2n) is 11.8. The topological polar surface area (TPSA) is 97.3 Å². The lowest BCUT2D eigenvalue weighted by Gasteiger charge is -2.41. The molecule has 2 amide bonds. The van der Waals surface area contributed by atoms with Gasteiger partial charge in [-0.05, 0) is 70.8 Å². The van der Waals surface area contributed by atoms with Gasteiger partial charge in [-0.25, -0.2) is 4.68 Å². The number of hydrogen-bond acceptors (Lipinski definition) is 5. The number of likely N-dealkylation sites (N-methyl/N-ethyl adjacent to an activating group) is 1. The third-order valence-corrected chi connectivity index (χ3v) is 7.66. The Balaban J connectivity index is 1.71. The molecule has 3 N–H and O–H groups in total. The quantitative estimate of drug-likeness (QED) is 0.375. The molecule has 8 nitrogen and oxygen atoms in total. The molecule has 2 saturated carbocycles. The summed E-state index contributed by atoms with van der Waals surface area (Å²) < 4.78 is 7.63. The van der Waals surface area contributed by atoms with Crippen LogP contribution in [0.3, 0.4) is 0 Å². The highest BCUT2D eigenvalue weighted by Crippen LogP contribution is 2.43. The molecule has 0 aliphatic heterocycles. The number of nitrogens with zero attached hydrogens (tertiary/aromatic N) is 2. The molecule has 1 aromatic heterocycles. The van der Waals surface area contributed by atoms with Crippen molar-refractivity contribution in [2.24, 2.45) is 29.1 Å². The van der Waals surface area contributed by atoms with Crippen molar-refractivity contribution in [3.8, 4) is 5.88 Å². The van der Waals surface area contributed by atoms with Gasteiger partial charge in [0.15, 0.2) is 0 Å². The van der Waals surface area contributed by atoms with Gasteiger partial charge in [-0.1, -0.05) is 39.2 Å². The van der Waals surface area contributed by atoms with Crippen LogP contribution in [0.5, 0.6) is 5.88 Å². The molecule has 0 aromatic carbocycles. The summed E-state index contributed by atoms with van der Waals surface area (Å²) in [5, 5.41) is 13.6. The van der Waals surface area contributed by atoms with Crippen molar-refractivity contribution in [2.45, 2.75) is 79.2 Å². The number of carbonyl (C=O) groups is 2. The monoisotopic (exact) mass is 501 g/mol. The molecule has 3 atom stereocenters. The van der Waals surface area contributed by atoms with Gasteiger partial charge in [0.05, 0.1) is 18.2 Å². The van der Waals surface area contributed by atoms with Crippen LogP contribution in [0.15, 0.2) is 12.3 Å². The largest absolute Gasteiger partial charge is 0.477 e. The molecule has 202 valence electrons. The van der Waals surface area contributed by atoms with Crippen molar-refractivity contribution in [1.82, 2.24) is 25.7 Å². The maximum absolute atomic E-state index is 13.3. The molecule has 8 heteroatoms. The lowest BCUT2D eigenvalue weighted by Crippen LogP contribution is -2.42. The fourth-order valence-corrected chi connectivity index (χ4v) is 5.46. The maximum atomic E-state index is 13.3. The van der Waals surface area contributed by atoms with Crippen LogP contribution in [-0.4, -0.2) is 54.4 Å². The molecule has 36 heavy (non-hydrogen) atoms. The molecule has 0 radical (unpaired) electrons. The van der Waals surface area contributed by atoms with Crippen LogP contribution < -0.4 is 20.7 Å². The fraction of sp³-hybridized carbons (Fsp3) is 0.750. The predicted molar refractivity (Wildman–Crippen MR) is 144 cm³/mol. The summed E-state index contributed by atoms with van der Waals surface area (Å²) in [6.45, 7) is 11.7. The number of rotatable bonds is 12. The van der Waals surface area contributed by atoms with E-state index in [4.69, 9.17) is 4.74 Å². The third kappa shape index (κ3) is 7.58. The number of fused-ring (bicyclic) bond motifs is 2. The van der Waals surface area contributed by atoms with E-state index < -0.39 is 5.41 Å². The van der Waals surface area contributed by atoms with E-state index in [-0.39, 0.29) is 17.9 Å². The van der Waals surface area contributed by atoms with Crippen molar-refractivity contribution >= 4 is 18.0 Å². The molecule has 1 aromatic rings. The number of carbonyl (C=O) groups excluding carboxylic acids is 2. The van der Waals surface area contributed by atoms with Gasteiger partial charge in [0.25, 0.3) is 5.91 Å². The van der Waals surface area contributed by atoms with Crippen LogP contribution in [0.25, 0.3) is 6.20 Å². The van der Waals surface area contributed by atoms with Gasteiger partial charge in [0.1, 0.15) is 5.56 Å². The highest BCUT2D eigenvalue weighted by molar-refractivity contribution is 5.96. The number of nitrogens with one attached hydrogen (secondary N) is 3. The minimum absolute atomic E-state index is 0.0742. The van der Waals surface area contributed by atoms with E-state index in [1.807, 2.05) is 20.9 Å². The van der Waals surface area contributed by atoms with Crippen LogP contribution in [0.4, 0.5) is 0 Å². The van der Waals surface area contributed by atoms with E-state index in [9.17, 15) is 9.59 Å². The number of aromatic nitrogens is 2. The predicted octanol–water partition coefficient (Wildman–Crippen LogP) is 4.09. The zero-order valence-electron chi connectivity index (χ0n) is 23.1. The van der Waals surface area contributed by atoms with Crippen molar-refractivity contribution in [3.63, 3.8) is 0 Å². The van der Waals surface area contributed by atoms with E-state index >= 15 is 0 Å². The van der Waals surface area contributed by atoms with Gasteiger partial charge in [-0.2, -0.15) is 5.10 Å². The summed E-state index contributed by atoms with van der Waals surface area (Å²) in [5.41, 5.74) is -0.315. The maximum Gasteiger partial charge on any atom is 0.258 e. The molecule has 2 aliphatic rings. The van der Waals surface area contributed by atoms with Gasteiger partial charge < -0.3 is 20.7 Å². The minimum atomic E-state index is -0.745. The Morgan fingerprint density at radius 2 is 1.86 bits per heavy atom. The fourth-order valence-electron chi connectivity index (χ4n) is 5.46. The molecule has 2 fully saturated rings. The Morgan fingerprint density at radius 1 is 1.17 bits per heavy atom. The summed E-state index contributed by atoms with van der Waals surface area (Å²) >= 11 is 0. The summed E-state index contributed by atoms with van der Waals surface area (Å²) in [4.78, 5) is 25.9. The number of amides is 2. The van der Waals surface area contributed by atoms with E-state index in [2.05, 4.69) is 41.8 Å². The Hall–Kier alpha value is -2.35. The number of ether oxygens (including phenoxy) is 1. The van der Waals surface area contributed by atoms with E-state index in [0.717, 1.165) is 11.8 Å². The smallest absolute Gasteiger partial charge is 0.258 e. The molecule has 0 spiro atoms. The Morgan fingerprint density at radius 3 is 2.50 bits per heavy atom. The zero-order chi connectivity index (χ0) is 26.3. The molecular weight excluding hydrogens is 454 g/mol. The highest BCUT2D eigenvalue weighted by Gasteiger charge is 2.35. The molecule has 3 rings (SSSR count). The minimum Gasteiger partial charge on any atom is -0.477 e. The van der Waals surface area contributed by atoms with E-state index in [0.29, 0.717) is 43.0 Å². The lowest BCUT2D eigenvalue weighted by atomic mass is 9.66. The van der Waals surface area contributed by atoms with E-state index in [1.54, 1.807) is 23.2 Å². The average Bonchev–Trinajstić information content (AvgIpc) is 3.24. The zero-order valence-corrected chi connectivity index (χ0v) is 23.1. The summed E-state index contributed by atoms with van der Waals surface area (Å²) in [7, 11) is 1.85. The molecule has 2 bridgehead atoms. The van der Waals surface area contributed by atoms with Crippen LogP contribution in [0.2, 0.25) is 0 Å². The standard InChI is InChI=1S/C28H47N5O3/c1-19(2)18-36-26-24(17-31-33(26)13-10-28(4,5)27(35)30-12-11-29-6)25(34)32-20(3)23-15-21-8-7-9-22(14-21)16-23/h10,13,17,19-23,29H,7-9,11-12,14-16,18H2,1-6H3,(H,30,35)(H,32,34)/b13-10+. The first kappa shape index (κ1) is 28.2. The molecule has 3 unspecified atom stereocenters. The highest BCUT2D eigenvalue weighted by atomic mass is 16.5. The van der Waals surface area contributed by atoms with Crippen molar-refractivity contribution in [1.29, 1.82) is 0 Å². The van der Waals surface area contributed by atoms with Gasteiger partial charge >= 0.3 is 0 Å². The first-order valence-corrected chi connectivity index (χ1v) is 13.7. The van der Waals surface area contributed by atoms with Gasteiger partial charge in [-0.3, -0.25) is 9.59 Å². The first-order chi connectivity index (χ1) is 17.1. The third-order valence-electron chi connectivity index (χ3n) is 7.66. The van der Waals surface area contributed by atoms with Gasteiger partial charge in [0, 0.05) is 25.3 Å². The average molecular weight is 502 g/mol. The summed E-state index contributed by atoms with van der Waals surface area (Å²) in [5.74, 6) is 2.64. The Bertz CT molecular complexity index is 895. The van der Waals surface area contributed by atoms with Crippen molar-refractivity contribution in [3.05, 3.63) is 17.8 Å². The normalized spacial score (nSPS) is 23.0. The molecule has 2 aliphatic carbocycles. The number of hydrogen-bond donors (Lipinski definition) is 3. The summed E-state index contributed by atoms with van der Waals surface area (Å²) in [6.07, 6.45) is 12.9. The molecule has 1 heterocycles. The van der Waals surface area contributed by atoms with Crippen molar-refractivity contribution < 1.29 is 14.3 Å². The molecular formula is C28H47N5O3.